The standard InChI is InChI=1S/C14H26N2O/c1-3-6-16(9-12-4-5-12)13(17)14(10-15)7-11(2)8-14/h11-12H,3-10,15H2,1-2H3. The van der Waals surface area contributed by atoms with E-state index in [4.69, 9.17) is 5.73 Å². The molecule has 0 atom stereocenters. The second kappa shape index (κ2) is 4.97. The molecule has 2 aliphatic rings. The van der Waals surface area contributed by atoms with Crippen LogP contribution in [-0.4, -0.2) is 30.4 Å². The molecule has 2 fully saturated rings. The van der Waals surface area contributed by atoms with E-state index in [0.29, 0.717) is 18.4 Å². The van der Waals surface area contributed by atoms with E-state index in [-0.39, 0.29) is 5.41 Å². The molecule has 98 valence electrons. The fraction of sp³-hybridized carbons (Fsp3) is 0.929. The minimum absolute atomic E-state index is 0.205. The number of hydrogen-bond donors (Lipinski definition) is 1. The third-order valence-corrected chi connectivity index (χ3v) is 4.28. The van der Waals surface area contributed by atoms with Crippen LogP contribution in [0.4, 0.5) is 0 Å². The minimum Gasteiger partial charge on any atom is -0.342 e. The van der Waals surface area contributed by atoms with Crippen molar-refractivity contribution in [2.75, 3.05) is 19.6 Å². The number of nitrogens with zero attached hydrogens (tertiary/aromatic N) is 1. The molecule has 3 nitrogen and oxygen atoms in total. The number of carbonyl (C=O) groups excluding carboxylic acids is 1. The van der Waals surface area contributed by atoms with E-state index in [2.05, 4.69) is 18.7 Å². The number of amides is 1. The quantitative estimate of drug-likeness (QED) is 0.769. The predicted molar refractivity (Wildman–Crippen MR) is 69.5 cm³/mol. The van der Waals surface area contributed by atoms with Gasteiger partial charge in [-0.2, -0.15) is 0 Å². The smallest absolute Gasteiger partial charge is 0.230 e. The van der Waals surface area contributed by atoms with Crippen LogP contribution in [0.25, 0.3) is 0 Å². The first-order valence-electron chi connectivity index (χ1n) is 7.10. The highest BCUT2D eigenvalue weighted by Gasteiger charge is 2.49. The minimum atomic E-state index is -0.205. The number of hydrogen-bond acceptors (Lipinski definition) is 2. The van der Waals surface area contributed by atoms with Crippen molar-refractivity contribution in [2.45, 2.75) is 46.0 Å². The Bertz CT molecular complexity index is 280. The van der Waals surface area contributed by atoms with Crippen LogP contribution in [0.2, 0.25) is 0 Å². The Hall–Kier alpha value is -0.570. The molecule has 3 heteroatoms. The monoisotopic (exact) mass is 238 g/mol. The fourth-order valence-electron chi connectivity index (χ4n) is 3.20. The van der Waals surface area contributed by atoms with Crippen LogP contribution in [0.15, 0.2) is 0 Å². The highest BCUT2D eigenvalue weighted by Crippen LogP contribution is 2.46. The Labute approximate surface area is 105 Å². The van der Waals surface area contributed by atoms with Crippen LogP contribution in [0.3, 0.4) is 0 Å². The lowest BCUT2D eigenvalue weighted by atomic mass is 9.62. The van der Waals surface area contributed by atoms with E-state index < -0.39 is 0 Å². The SMILES string of the molecule is CCCN(CC1CC1)C(=O)C1(CN)CC(C)C1. The van der Waals surface area contributed by atoms with Crippen LogP contribution in [-0.2, 0) is 4.79 Å². The van der Waals surface area contributed by atoms with Gasteiger partial charge in [0.05, 0.1) is 5.41 Å². The van der Waals surface area contributed by atoms with Crippen molar-refractivity contribution in [3.8, 4) is 0 Å². The average molecular weight is 238 g/mol. The summed E-state index contributed by atoms with van der Waals surface area (Å²) in [6.45, 7) is 6.77. The molecule has 2 saturated carbocycles. The van der Waals surface area contributed by atoms with Crippen LogP contribution < -0.4 is 5.73 Å². The first-order chi connectivity index (χ1) is 8.11. The Morgan fingerprint density at radius 3 is 2.47 bits per heavy atom. The van der Waals surface area contributed by atoms with E-state index in [1.165, 1.54) is 12.8 Å². The zero-order chi connectivity index (χ0) is 12.5. The first kappa shape index (κ1) is 12.9. The van der Waals surface area contributed by atoms with E-state index in [1.807, 2.05) is 0 Å². The second-order valence-corrected chi connectivity index (χ2v) is 6.19. The molecule has 0 saturated heterocycles. The highest BCUT2D eigenvalue weighted by molar-refractivity contribution is 5.84. The molecule has 0 aliphatic heterocycles. The van der Waals surface area contributed by atoms with Gasteiger partial charge in [-0.25, -0.2) is 0 Å². The zero-order valence-electron chi connectivity index (χ0n) is 11.2. The van der Waals surface area contributed by atoms with Crippen molar-refractivity contribution in [3.05, 3.63) is 0 Å². The molecule has 0 aromatic rings. The third-order valence-electron chi connectivity index (χ3n) is 4.28. The summed E-state index contributed by atoms with van der Waals surface area (Å²) in [6.07, 6.45) is 5.65. The van der Waals surface area contributed by atoms with E-state index in [9.17, 15) is 4.79 Å². The van der Waals surface area contributed by atoms with Gasteiger partial charge in [0.1, 0.15) is 0 Å². The molecule has 2 N–H and O–H groups in total. The molecule has 0 aromatic heterocycles. The molecule has 0 spiro atoms. The van der Waals surface area contributed by atoms with Gasteiger partial charge in [0, 0.05) is 19.6 Å². The van der Waals surface area contributed by atoms with Crippen molar-refractivity contribution in [3.63, 3.8) is 0 Å². The lowest BCUT2D eigenvalue weighted by Crippen LogP contribution is -2.55. The van der Waals surface area contributed by atoms with Crippen molar-refractivity contribution in [1.82, 2.24) is 4.90 Å². The summed E-state index contributed by atoms with van der Waals surface area (Å²) in [6, 6.07) is 0. The Morgan fingerprint density at radius 1 is 1.41 bits per heavy atom. The summed E-state index contributed by atoms with van der Waals surface area (Å²) in [7, 11) is 0. The molecular formula is C14H26N2O. The van der Waals surface area contributed by atoms with Crippen LogP contribution in [0.1, 0.15) is 46.0 Å². The van der Waals surface area contributed by atoms with Crippen LogP contribution in [0.5, 0.6) is 0 Å². The molecular weight excluding hydrogens is 212 g/mol. The van der Waals surface area contributed by atoms with E-state index >= 15 is 0 Å². The summed E-state index contributed by atoms with van der Waals surface area (Å²) < 4.78 is 0. The van der Waals surface area contributed by atoms with Gasteiger partial charge >= 0.3 is 0 Å². The fourth-order valence-corrected chi connectivity index (χ4v) is 3.20. The summed E-state index contributed by atoms with van der Waals surface area (Å²) >= 11 is 0. The predicted octanol–water partition coefficient (Wildman–Crippen LogP) is 2.01. The van der Waals surface area contributed by atoms with Crippen molar-refractivity contribution >= 4 is 5.91 Å². The van der Waals surface area contributed by atoms with Crippen molar-refractivity contribution in [1.29, 1.82) is 0 Å². The Kier molecular flexibility index (Phi) is 3.76. The summed E-state index contributed by atoms with van der Waals surface area (Å²) in [5.41, 5.74) is 5.66. The van der Waals surface area contributed by atoms with Gasteiger partial charge in [0.15, 0.2) is 0 Å². The highest BCUT2D eigenvalue weighted by atomic mass is 16.2. The molecule has 17 heavy (non-hydrogen) atoms. The van der Waals surface area contributed by atoms with E-state index in [0.717, 1.165) is 38.3 Å². The maximum Gasteiger partial charge on any atom is 0.230 e. The third kappa shape index (κ3) is 2.65. The van der Waals surface area contributed by atoms with Gasteiger partial charge in [0.25, 0.3) is 0 Å². The van der Waals surface area contributed by atoms with Gasteiger partial charge in [-0.3, -0.25) is 4.79 Å². The maximum absolute atomic E-state index is 12.6. The van der Waals surface area contributed by atoms with Crippen molar-refractivity contribution in [2.24, 2.45) is 23.0 Å². The van der Waals surface area contributed by atoms with Gasteiger partial charge in [-0.05, 0) is 43.9 Å². The number of rotatable bonds is 6. The zero-order valence-corrected chi connectivity index (χ0v) is 11.2. The molecule has 0 radical (unpaired) electrons. The van der Waals surface area contributed by atoms with E-state index in [1.54, 1.807) is 0 Å². The summed E-state index contributed by atoms with van der Waals surface area (Å²) in [5.74, 6) is 1.79. The average Bonchev–Trinajstić information content (AvgIpc) is 3.07. The molecule has 2 aliphatic carbocycles. The van der Waals surface area contributed by atoms with Gasteiger partial charge in [-0.1, -0.05) is 13.8 Å². The summed E-state index contributed by atoms with van der Waals surface area (Å²) in [5, 5.41) is 0. The van der Waals surface area contributed by atoms with Crippen LogP contribution >= 0.6 is 0 Å². The largest absolute Gasteiger partial charge is 0.342 e. The second-order valence-electron chi connectivity index (χ2n) is 6.19. The molecule has 0 unspecified atom stereocenters. The topological polar surface area (TPSA) is 46.3 Å². The maximum atomic E-state index is 12.6. The molecule has 0 heterocycles. The Balaban J connectivity index is 1.98. The lowest BCUT2D eigenvalue weighted by molar-refractivity contribution is -0.150. The van der Waals surface area contributed by atoms with Gasteiger partial charge in [-0.15, -0.1) is 0 Å². The summed E-state index contributed by atoms with van der Waals surface area (Å²) in [4.78, 5) is 14.7. The number of carbonyl (C=O) groups is 1. The van der Waals surface area contributed by atoms with Gasteiger partial charge < -0.3 is 10.6 Å². The van der Waals surface area contributed by atoms with Crippen molar-refractivity contribution < 1.29 is 4.79 Å². The normalized spacial score (nSPS) is 32.1. The molecule has 0 bridgehead atoms. The molecule has 0 aromatic carbocycles. The Morgan fingerprint density at radius 2 is 2.06 bits per heavy atom. The number of nitrogens with two attached hydrogens (primary N) is 1. The first-order valence-corrected chi connectivity index (χ1v) is 7.10. The molecule has 2 rings (SSSR count). The molecule has 1 amide bonds. The lowest BCUT2D eigenvalue weighted by Gasteiger charge is -2.47. The van der Waals surface area contributed by atoms with Crippen LogP contribution in [0, 0.1) is 17.3 Å². The van der Waals surface area contributed by atoms with Gasteiger partial charge in [0.2, 0.25) is 5.91 Å².